The third kappa shape index (κ3) is 1.76. The fourth-order valence-corrected chi connectivity index (χ4v) is 3.02. The molecule has 1 aromatic rings. The van der Waals surface area contributed by atoms with E-state index in [9.17, 15) is 4.21 Å². The lowest BCUT2D eigenvalue weighted by molar-refractivity contribution is 0.539. The highest BCUT2D eigenvalue weighted by Crippen LogP contribution is 2.26. The number of rotatable bonds is 0. The van der Waals surface area contributed by atoms with Gasteiger partial charge in [0.2, 0.25) is 0 Å². The summed E-state index contributed by atoms with van der Waals surface area (Å²) in [7, 11) is -2.59. The summed E-state index contributed by atoms with van der Waals surface area (Å²) in [6.45, 7) is 6.13. The molecule has 2 heterocycles. The highest BCUT2D eigenvalue weighted by atomic mass is 32.2. The number of aromatic nitrogens is 2. The molecule has 0 bridgehead atoms. The summed E-state index contributed by atoms with van der Waals surface area (Å²) >= 11 is 0. The van der Waals surface area contributed by atoms with Crippen LogP contribution in [0.4, 0.5) is 0 Å². The Bertz CT molecular complexity index is 500. The molecule has 0 amide bonds. The first kappa shape index (κ1) is 10.5. The first-order valence-corrected chi connectivity index (χ1v) is 6.66. The topological polar surface area (TPSA) is 66.7 Å². The van der Waals surface area contributed by atoms with Crippen molar-refractivity contribution in [3.8, 4) is 0 Å². The Hall–Kier alpha value is -0.970. The number of nitrogens with one attached hydrogen (secondary N) is 1. The van der Waals surface area contributed by atoms with Crippen molar-refractivity contribution >= 4 is 9.73 Å². The van der Waals surface area contributed by atoms with E-state index in [1.807, 2.05) is 20.8 Å². The first-order valence-electron chi connectivity index (χ1n) is 4.93. The van der Waals surface area contributed by atoms with Gasteiger partial charge in [0.1, 0.15) is 5.82 Å². The molecule has 0 fully saturated rings. The average molecular weight is 225 g/mol. The van der Waals surface area contributed by atoms with Gasteiger partial charge in [-0.2, -0.15) is 0 Å². The number of nitrogens with zero attached hydrogens (tertiary/aromatic N) is 2. The summed E-state index contributed by atoms with van der Waals surface area (Å²) in [5.41, 5.74) is 0.704. The summed E-state index contributed by atoms with van der Waals surface area (Å²) in [5, 5.41) is 0. The van der Waals surface area contributed by atoms with E-state index in [4.69, 9.17) is 4.78 Å². The van der Waals surface area contributed by atoms with Crippen LogP contribution in [0.15, 0.2) is 11.1 Å². The highest BCUT2D eigenvalue weighted by Gasteiger charge is 2.27. The SMILES string of the molecule is CC(C)(C)c1ncc2c(n1)CC[S@@]2(=N)=O. The minimum absolute atomic E-state index is 0.0967. The first-order chi connectivity index (χ1) is 6.81. The predicted octanol–water partition coefficient (Wildman–Crippen LogP) is 1.74. The van der Waals surface area contributed by atoms with Crippen LogP contribution in [-0.2, 0) is 21.6 Å². The third-order valence-corrected chi connectivity index (χ3v) is 4.31. The van der Waals surface area contributed by atoms with E-state index < -0.39 is 9.73 Å². The molecule has 4 nitrogen and oxygen atoms in total. The van der Waals surface area contributed by atoms with Crippen molar-refractivity contribution in [3.05, 3.63) is 17.7 Å². The van der Waals surface area contributed by atoms with Gasteiger partial charge in [0.05, 0.1) is 20.3 Å². The molecule has 5 heteroatoms. The van der Waals surface area contributed by atoms with Gasteiger partial charge in [-0.1, -0.05) is 20.8 Å². The molecule has 1 aromatic heterocycles. The summed E-state index contributed by atoms with van der Waals surface area (Å²) in [6, 6.07) is 0. The maximum atomic E-state index is 11.8. The minimum Gasteiger partial charge on any atom is -0.249 e. The second-order valence-corrected chi connectivity index (χ2v) is 7.08. The second-order valence-electron chi connectivity index (χ2n) is 4.88. The Morgan fingerprint density at radius 2 is 2.13 bits per heavy atom. The standard InChI is InChI=1S/C10H15N3OS/c1-10(2,3)9-12-6-8-7(13-9)4-5-15(8,11)14/h6,11H,4-5H2,1-3H3/t15-/m1/s1. The van der Waals surface area contributed by atoms with Crippen LogP contribution in [0.3, 0.4) is 0 Å². The summed E-state index contributed by atoms with van der Waals surface area (Å²) in [5.74, 6) is 1.16. The van der Waals surface area contributed by atoms with Crippen molar-refractivity contribution < 1.29 is 4.21 Å². The van der Waals surface area contributed by atoms with Gasteiger partial charge >= 0.3 is 0 Å². The smallest absolute Gasteiger partial charge is 0.133 e. The lowest BCUT2D eigenvalue weighted by atomic mass is 9.95. The van der Waals surface area contributed by atoms with E-state index in [0.29, 0.717) is 17.1 Å². The number of hydrogen-bond acceptors (Lipinski definition) is 4. The normalized spacial score (nSPS) is 25.3. The fraction of sp³-hybridized carbons (Fsp3) is 0.600. The molecule has 1 aliphatic heterocycles. The monoisotopic (exact) mass is 225 g/mol. The molecule has 1 N–H and O–H groups in total. The molecule has 0 aliphatic carbocycles. The van der Waals surface area contributed by atoms with E-state index in [1.165, 1.54) is 0 Å². The van der Waals surface area contributed by atoms with Crippen molar-refractivity contribution in [2.45, 2.75) is 37.5 Å². The van der Waals surface area contributed by atoms with Gasteiger partial charge in [-0.3, -0.25) is 0 Å². The molecular formula is C10H15N3OS. The van der Waals surface area contributed by atoms with Crippen LogP contribution in [0.1, 0.15) is 32.3 Å². The molecule has 0 aromatic carbocycles. The predicted molar refractivity (Wildman–Crippen MR) is 58.4 cm³/mol. The Labute approximate surface area is 90.1 Å². The minimum atomic E-state index is -2.59. The molecule has 0 saturated carbocycles. The van der Waals surface area contributed by atoms with Crippen LogP contribution in [0.5, 0.6) is 0 Å². The van der Waals surface area contributed by atoms with Crippen molar-refractivity contribution in [1.29, 1.82) is 4.78 Å². The fourth-order valence-electron chi connectivity index (χ4n) is 1.57. The maximum absolute atomic E-state index is 11.8. The second kappa shape index (κ2) is 3.01. The van der Waals surface area contributed by atoms with Gasteiger partial charge in [0.15, 0.2) is 0 Å². The average Bonchev–Trinajstić information content (AvgIpc) is 2.41. The molecule has 2 rings (SSSR count). The van der Waals surface area contributed by atoms with E-state index in [-0.39, 0.29) is 5.41 Å². The van der Waals surface area contributed by atoms with Crippen molar-refractivity contribution in [2.24, 2.45) is 0 Å². The molecule has 82 valence electrons. The molecule has 0 saturated heterocycles. The molecule has 0 spiro atoms. The lowest BCUT2D eigenvalue weighted by Crippen LogP contribution is -2.17. The number of hydrogen-bond donors (Lipinski definition) is 1. The van der Waals surface area contributed by atoms with Crippen LogP contribution in [0, 0.1) is 4.78 Å². The number of aryl methyl sites for hydroxylation is 1. The van der Waals surface area contributed by atoms with Gasteiger partial charge in [0, 0.05) is 23.8 Å². The summed E-state index contributed by atoms with van der Waals surface area (Å²) < 4.78 is 19.4. The molecule has 1 aliphatic rings. The maximum Gasteiger partial charge on any atom is 0.133 e. The zero-order valence-electron chi connectivity index (χ0n) is 9.20. The largest absolute Gasteiger partial charge is 0.249 e. The van der Waals surface area contributed by atoms with Crippen LogP contribution in [0.2, 0.25) is 0 Å². The molecular weight excluding hydrogens is 210 g/mol. The van der Waals surface area contributed by atoms with E-state index in [2.05, 4.69) is 9.97 Å². The van der Waals surface area contributed by atoms with Gasteiger partial charge in [-0.25, -0.2) is 19.0 Å². The van der Waals surface area contributed by atoms with E-state index in [0.717, 1.165) is 11.5 Å². The van der Waals surface area contributed by atoms with Gasteiger partial charge in [-0.05, 0) is 0 Å². The van der Waals surface area contributed by atoms with Crippen molar-refractivity contribution in [3.63, 3.8) is 0 Å². The van der Waals surface area contributed by atoms with Gasteiger partial charge in [-0.15, -0.1) is 0 Å². The summed E-state index contributed by atoms with van der Waals surface area (Å²) in [6.07, 6.45) is 2.22. The Morgan fingerprint density at radius 1 is 1.47 bits per heavy atom. The van der Waals surface area contributed by atoms with Crippen LogP contribution in [0.25, 0.3) is 0 Å². The summed E-state index contributed by atoms with van der Waals surface area (Å²) in [4.78, 5) is 9.15. The van der Waals surface area contributed by atoms with Gasteiger partial charge in [0.25, 0.3) is 0 Å². The molecule has 15 heavy (non-hydrogen) atoms. The van der Waals surface area contributed by atoms with Gasteiger partial charge < -0.3 is 0 Å². The van der Waals surface area contributed by atoms with Crippen LogP contribution in [-0.4, -0.2) is 19.9 Å². The molecule has 0 radical (unpaired) electrons. The van der Waals surface area contributed by atoms with Crippen molar-refractivity contribution in [1.82, 2.24) is 9.97 Å². The Kier molecular flexibility index (Phi) is 2.12. The zero-order valence-corrected chi connectivity index (χ0v) is 10.0. The Balaban J connectivity index is 2.56. The van der Waals surface area contributed by atoms with E-state index in [1.54, 1.807) is 6.20 Å². The van der Waals surface area contributed by atoms with Crippen LogP contribution < -0.4 is 0 Å². The highest BCUT2D eigenvalue weighted by molar-refractivity contribution is 7.92. The molecule has 1 atom stereocenters. The lowest BCUT2D eigenvalue weighted by Gasteiger charge is -2.16. The number of fused-ring (bicyclic) bond motifs is 1. The third-order valence-electron chi connectivity index (χ3n) is 2.48. The quantitative estimate of drug-likeness (QED) is 0.731. The molecule has 0 unspecified atom stereocenters. The Morgan fingerprint density at radius 3 is 2.73 bits per heavy atom. The van der Waals surface area contributed by atoms with Crippen molar-refractivity contribution in [2.75, 3.05) is 5.75 Å². The zero-order chi connectivity index (χ0) is 11.3. The van der Waals surface area contributed by atoms with Crippen LogP contribution >= 0.6 is 0 Å². The van der Waals surface area contributed by atoms with E-state index >= 15 is 0 Å².